The van der Waals surface area contributed by atoms with Crippen molar-refractivity contribution < 1.29 is 0 Å². The van der Waals surface area contributed by atoms with E-state index < -0.39 is 0 Å². The zero-order valence-electron chi connectivity index (χ0n) is 13.7. The molecule has 0 aliphatic rings. The molecule has 0 fully saturated rings. The van der Waals surface area contributed by atoms with Crippen LogP contribution in [0, 0.1) is 12.8 Å². The van der Waals surface area contributed by atoms with E-state index in [0.29, 0.717) is 11.8 Å². The molecule has 1 atom stereocenters. The lowest BCUT2D eigenvalue weighted by molar-refractivity contribution is 0.629. The third-order valence-electron chi connectivity index (χ3n) is 3.74. The standard InChI is InChI=1S/C20H30/c1-16(2)8-6-9-17(3)10-7-11-19(5)20-14-12-18(4)13-15-20/h6,8,12-16,19H,3,7,9-11H2,1-2,4-5H3/b8-6+. The third kappa shape index (κ3) is 6.75. The van der Waals surface area contributed by atoms with Crippen LogP contribution >= 0.6 is 0 Å². The van der Waals surface area contributed by atoms with Crippen LogP contribution in [0.2, 0.25) is 0 Å². The lowest BCUT2D eigenvalue weighted by atomic mass is 9.93. The fourth-order valence-corrected chi connectivity index (χ4v) is 2.33. The van der Waals surface area contributed by atoms with Crippen LogP contribution in [0.1, 0.15) is 63.5 Å². The van der Waals surface area contributed by atoms with Crippen LogP contribution in [-0.4, -0.2) is 0 Å². The fourth-order valence-electron chi connectivity index (χ4n) is 2.33. The van der Waals surface area contributed by atoms with Gasteiger partial charge in [0, 0.05) is 0 Å². The summed E-state index contributed by atoms with van der Waals surface area (Å²) >= 11 is 0. The second-order valence-corrected chi connectivity index (χ2v) is 6.33. The number of rotatable bonds is 8. The van der Waals surface area contributed by atoms with Crippen molar-refractivity contribution in [2.45, 2.75) is 59.3 Å². The van der Waals surface area contributed by atoms with Crippen molar-refractivity contribution in [3.05, 3.63) is 59.7 Å². The minimum atomic E-state index is 0.643. The monoisotopic (exact) mass is 270 g/mol. The summed E-state index contributed by atoms with van der Waals surface area (Å²) in [5, 5.41) is 0. The van der Waals surface area contributed by atoms with Crippen molar-refractivity contribution in [3.63, 3.8) is 0 Å². The number of hydrogen-bond acceptors (Lipinski definition) is 0. The van der Waals surface area contributed by atoms with Gasteiger partial charge in [0.1, 0.15) is 0 Å². The van der Waals surface area contributed by atoms with E-state index in [0.717, 1.165) is 12.8 Å². The second kappa shape index (κ2) is 8.79. The van der Waals surface area contributed by atoms with Gasteiger partial charge in [-0.1, -0.05) is 74.9 Å². The van der Waals surface area contributed by atoms with Crippen LogP contribution in [-0.2, 0) is 0 Å². The molecule has 1 aromatic carbocycles. The molecular formula is C20H30. The molecule has 0 aromatic heterocycles. The normalized spacial score (nSPS) is 13.1. The molecule has 1 unspecified atom stereocenters. The van der Waals surface area contributed by atoms with Crippen molar-refractivity contribution >= 4 is 0 Å². The maximum atomic E-state index is 4.18. The van der Waals surface area contributed by atoms with Gasteiger partial charge >= 0.3 is 0 Å². The summed E-state index contributed by atoms with van der Waals surface area (Å²) in [6.07, 6.45) is 9.20. The van der Waals surface area contributed by atoms with Crippen LogP contribution in [0.25, 0.3) is 0 Å². The van der Waals surface area contributed by atoms with E-state index in [-0.39, 0.29) is 0 Å². The Morgan fingerprint density at radius 1 is 1.15 bits per heavy atom. The molecule has 0 heteroatoms. The Hall–Kier alpha value is -1.30. The van der Waals surface area contributed by atoms with Crippen molar-refractivity contribution in [1.29, 1.82) is 0 Å². The lowest BCUT2D eigenvalue weighted by Crippen LogP contribution is -1.94. The van der Waals surface area contributed by atoms with Crippen molar-refractivity contribution in [1.82, 2.24) is 0 Å². The molecule has 0 nitrogen and oxygen atoms in total. The van der Waals surface area contributed by atoms with E-state index in [1.165, 1.54) is 29.5 Å². The number of hydrogen-bond donors (Lipinski definition) is 0. The Morgan fingerprint density at radius 3 is 2.40 bits per heavy atom. The first-order chi connectivity index (χ1) is 9.49. The van der Waals surface area contributed by atoms with Gasteiger partial charge in [0.15, 0.2) is 0 Å². The lowest BCUT2D eigenvalue weighted by Gasteiger charge is -2.12. The number of aryl methyl sites for hydroxylation is 1. The molecule has 1 rings (SSSR count). The Morgan fingerprint density at radius 2 is 1.80 bits per heavy atom. The van der Waals surface area contributed by atoms with Crippen molar-refractivity contribution in [2.24, 2.45) is 5.92 Å². The maximum Gasteiger partial charge on any atom is -0.0141 e. The van der Waals surface area contributed by atoms with E-state index in [9.17, 15) is 0 Å². The van der Waals surface area contributed by atoms with Crippen LogP contribution in [0.4, 0.5) is 0 Å². The maximum absolute atomic E-state index is 4.18. The Kier molecular flexibility index (Phi) is 7.36. The topological polar surface area (TPSA) is 0 Å². The molecule has 0 aliphatic heterocycles. The summed E-state index contributed by atoms with van der Waals surface area (Å²) < 4.78 is 0. The molecule has 0 saturated carbocycles. The molecule has 20 heavy (non-hydrogen) atoms. The first-order valence-corrected chi connectivity index (χ1v) is 7.89. The zero-order chi connectivity index (χ0) is 15.0. The van der Waals surface area contributed by atoms with Gasteiger partial charge in [0.05, 0.1) is 0 Å². The summed E-state index contributed by atoms with van der Waals surface area (Å²) in [5.74, 6) is 1.29. The molecule has 0 spiro atoms. The van der Waals surface area contributed by atoms with Gasteiger partial charge in [0.2, 0.25) is 0 Å². The smallest absolute Gasteiger partial charge is 0.0141 e. The Bertz CT molecular complexity index is 420. The van der Waals surface area contributed by atoms with Crippen LogP contribution in [0.5, 0.6) is 0 Å². The van der Waals surface area contributed by atoms with Gasteiger partial charge in [0.25, 0.3) is 0 Å². The van der Waals surface area contributed by atoms with Gasteiger partial charge in [-0.2, -0.15) is 0 Å². The summed E-state index contributed by atoms with van der Waals surface area (Å²) in [7, 11) is 0. The summed E-state index contributed by atoms with van der Waals surface area (Å²) in [4.78, 5) is 0. The zero-order valence-corrected chi connectivity index (χ0v) is 13.7. The predicted octanol–water partition coefficient (Wildman–Crippen LogP) is 6.43. The van der Waals surface area contributed by atoms with Crippen LogP contribution in [0.15, 0.2) is 48.6 Å². The predicted molar refractivity (Wildman–Crippen MR) is 91.2 cm³/mol. The Labute approximate surface area is 125 Å². The van der Waals surface area contributed by atoms with Crippen molar-refractivity contribution in [2.75, 3.05) is 0 Å². The Balaban J connectivity index is 2.26. The molecule has 0 amide bonds. The van der Waals surface area contributed by atoms with Gasteiger partial charge in [-0.05, 0) is 50.0 Å². The molecule has 1 aromatic rings. The average molecular weight is 270 g/mol. The second-order valence-electron chi connectivity index (χ2n) is 6.33. The first kappa shape index (κ1) is 16.8. The van der Waals surface area contributed by atoms with E-state index in [4.69, 9.17) is 0 Å². The molecule has 110 valence electrons. The van der Waals surface area contributed by atoms with Gasteiger partial charge < -0.3 is 0 Å². The van der Waals surface area contributed by atoms with E-state index >= 15 is 0 Å². The van der Waals surface area contributed by atoms with E-state index in [1.54, 1.807) is 0 Å². The van der Waals surface area contributed by atoms with E-state index in [2.05, 4.69) is 70.7 Å². The highest BCUT2D eigenvalue weighted by atomic mass is 14.1. The van der Waals surface area contributed by atoms with Gasteiger partial charge in [-0.25, -0.2) is 0 Å². The SMILES string of the molecule is C=C(C/C=C/C(C)C)CCCC(C)c1ccc(C)cc1. The first-order valence-electron chi connectivity index (χ1n) is 7.89. The largest absolute Gasteiger partial charge is 0.0995 e. The molecular weight excluding hydrogens is 240 g/mol. The number of allylic oxidation sites excluding steroid dienone is 3. The molecule has 0 bridgehead atoms. The summed E-state index contributed by atoms with van der Waals surface area (Å²) in [5.41, 5.74) is 4.16. The quantitative estimate of drug-likeness (QED) is 0.478. The minimum absolute atomic E-state index is 0.643. The summed E-state index contributed by atoms with van der Waals surface area (Å²) in [6.45, 7) is 13.1. The molecule has 0 heterocycles. The van der Waals surface area contributed by atoms with Gasteiger partial charge in [-0.15, -0.1) is 0 Å². The molecule has 0 radical (unpaired) electrons. The highest BCUT2D eigenvalue weighted by Crippen LogP contribution is 2.23. The molecule has 0 aliphatic carbocycles. The molecule has 0 saturated heterocycles. The highest BCUT2D eigenvalue weighted by Gasteiger charge is 2.05. The van der Waals surface area contributed by atoms with Crippen molar-refractivity contribution in [3.8, 4) is 0 Å². The van der Waals surface area contributed by atoms with Gasteiger partial charge in [-0.3, -0.25) is 0 Å². The summed E-state index contributed by atoms with van der Waals surface area (Å²) in [6, 6.07) is 8.95. The van der Waals surface area contributed by atoms with Crippen LogP contribution < -0.4 is 0 Å². The molecule has 0 N–H and O–H groups in total. The fraction of sp³-hybridized carbons (Fsp3) is 0.500. The van der Waals surface area contributed by atoms with Crippen LogP contribution in [0.3, 0.4) is 0 Å². The van der Waals surface area contributed by atoms with E-state index in [1.807, 2.05) is 0 Å². The third-order valence-corrected chi connectivity index (χ3v) is 3.74. The average Bonchev–Trinajstić information content (AvgIpc) is 2.39. The number of benzene rings is 1. The minimum Gasteiger partial charge on any atom is -0.0995 e. The highest BCUT2D eigenvalue weighted by molar-refractivity contribution is 5.24.